The topological polar surface area (TPSA) is 106 Å². The molecule has 6 rings (SSSR count). The Balaban J connectivity index is 1.46. The van der Waals surface area contributed by atoms with Crippen LogP contribution in [-0.4, -0.2) is 57.3 Å². The van der Waals surface area contributed by atoms with Crippen LogP contribution in [0.5, 0.6) is 0 Å². The fraction of sp³-hybridized carbons (Fsp3) is 0.286. The monoisotopic (exact) mass is 480 g/mol. The lowest BCUT2D eigenvalue weighted by Crippen LogP contribution is -2.36. The Bertz CT molecular complexity index is 1660. The van der Waals surface area contributed by atoms with Gasteiger partial charge >= 0.3 is 5.69 Å². The van der Waals surface area contributed by atoms with Gasteiger partial charge in [-0.15, -0.1) is 0 Å². The second kappa shape index (κ2) is 9.19. The Hall–Kier alpha value is -4.06. The summed E-state index contributed by atoms with van der Waals surface area (Å²) in [5, 5.41) is 12.2. The molecular formula is C28H28N6O2. The van der Waals surface area contributed by atoms with Crippen LogP contribution in [0.15, 0.2) is 53.3 Å². The van der Waals surface area contributed by atoms with Gasteiger partial charge in [-0.3, -0.25) is 4.90 Å². The van der Waals surface area contributed by atoms with Crippen LogP contribution in [0.4, 0.5) is 0 Å². The number of nitrogens with zero attached hydrogens (tertiary/aromatic N) is 3. The number of aromatic amines is 3. The SMILES string of the molecule is Cc1[nH]c2ccccc2c1-n1c(C#N)c(-c2c(CCCN3CCOCC3)[nH]c3ccccc23)[nH]c1=O. The lowest BCUT2D eigenvalue weighted by atomic mass is 10.0. The van der Waals surface area contributed by atoms with Crippen molar-refractivity contribution >= 4 is 21.8 Å². The molecular weight excluding hydrogens is 452 g/mol. The molecule has 1 aliphatic heterocycles. The van der Waals surface area contributed by atoms with E-state index in [1.165, 1.54) is 4.57 Å². The fourth-order valence-electron chi connectivity index (χ4n) is 5.46. The molecule has 8 nitrogen and oxygen atoms in total. The zero-order valence-electron chi connectivity index (χ0n) is 20.2. The van der Waals surface area contributed by atoms with Gasteiger partial charge in [0.05, 0.1) is 24.6 Å². The summed E-state index contributed by atoms with van der Waals surface area (Å²) in [6.07, 6.45) is 1.78. The van der Waals surface area contributed by atoms with E-state index in [1.54, 1.807) is 0 Å². The number of nitriles is 1. The van der Waals surface area contributed by atoms with Crippen LogP contribution in [-0.2, 0) is 11.2 Å². The Labute approximate surface area is 208 Å². The highest BCUT2D eigenvalue weighted by molar-refractivity contribution is 5.98. The van der Waals surface area contributed by atoms with E-state index in [0.29, 0.717) is 17.1 Å². The van der Waals surface area contributed by atoms with Crippen molar-refractivity contribution in [3.8, 4) is 23.0 Å². The van der Waals surface area contributed by atoms with Gasteiger partial charge in [0, 0.05) is 51.8 Å². The van der Waals surface area contributed by atoms with Crippen LogP contribution in [0.2, 0.25) is 0 Å². The summed E-state index contributed by atoms with van der Waals surface area (Å²) < 4.78 is 6.99. The third kappa shape index (κ3) is 3.73. The molecule has 8 heteroatoms. The van der Waals surface area contributed by atoms with E-state index in [0.717, 1.165) is 84.4 Å². The largest absolute Gasteiger partial charge is 0.379 e. The quantitative estimate of drug-likeness (QED) is 0.338. The van der Waals surface area contributed by atoms with Crippen molar-refractivity contribution in [1.29, 1.82) is 5.26 Å². The highest BCUT2D eigenvalue weighted by Crippen LogP contribution is 2.35. The van der Waals surface area contributed by atoms with E-state index < -0.39 is 0 Å². The molecule has 182 valence electrons. The van der Waals surface area contributed by atoms with Gasteiger partial charge in [0.15, 0.2) is 5.69 Å². The van der Waals surface area contributed by atoms with Crippen molar-refractivity contribution in [3.05, 3.63) is 76.1 Å². The van der Waals surface area contributed by atoms with Crippen LogP contribution in [0, 0.1) is 18.3 Å². The number of morpholine rings is 1. The summed E-state index contributed by atoms with van der Waals surface area (Å²) in [6, 6.07) is 18.2. The number of ether oxygens (including phenoxy) is 1. The molecule has 2 aromatic carbocycles. The maximum Gasteiger partial charge on any atom is 0.331 e. The van der Waals surface area contributed by atoms with Gasteiger partial charge in [0.1, 0.15) is 6.07 Å². The number of imidazole rings is 1. The van der Waals surface area contributed by atoms with Crippen LogP contribution >= 0.6 is 0 Å². The Morgan fingerprint density at radius 3 is 2.42 bits per heavy atom. The molecule has 0 atom stereocenters. The molecule has 1 fully saturated rings. The third-order valence-corrected chi connectivity index (χ3v) is 7.12. The van der Waals surface area contributed by atoms with Crippen molar-refractivity contribution in [2.75, 3.05) is 32.8 Å². The number of hydrogen-bond acceptors (Lipinski definition) is 4. The summed E-state index contributed by atoms with van der Waals surface area (Å²) in [5.41, 5.74) is 5.96. The highest BCUT2D eigenvalue weighted by Gasteiger charge is 2.25. The van der Waals surface area contributed by atoms with E-state index in [9.17, 15) is 10.1 Å². The predicted octanol–water partition coefficient (Wildman–Crippen LogP) is 4.24. The molecule has 0 amide bonds. The number of para-hydroxylation sites is 2. The fourth-order valence-corrected chi connectivity index (χ4v) is 5.46. The van der Waals surface area contributed by atoms with E-state index in [1.807, 2.05) is 55.5 Å². The van der Waals surface area contributed by atoms with E-state index in [4.69, 9.17) is 4.74 Å². The zero-order chi connectivity index (χ0) is 24.6. The number of aryl methyl sites for hydroxylation is 2. The molecule has 0 radical (unpaired) electrons. The van der Waals surface area contributed by atoms with E-state index >= 15 is 0 Å². The molecule has 0 spiro atoms. The lowest BCUT2D eigenvalue weighted by molar-refractivity contribution is 0.0374. The van der Waals surface area contributed by atoms with Crippen molar-refractivity contribution in [2.45, 2.75) is 19.8 Å². The van der Waals surface area contributed by atoms with Gasteiger partial charge in [-0.1, -0.05) is 36.4 Å². The molecule has 5 aromatic rings. The smallest absolute Gasteiger partial charge is 0.331 e. The Kier molecular flexibility index (Phi) is 5.72. The Morgan fingerprint density at radius 1 is 0.972 bits per heavy atom. The van der Waals surface area contributed by atoms with E-state index in [2.05, 4.69) is 25.9 Å². The number of hydrogen-bond donors (Lipinski definition) is 3. The van der Waals surface area contributed by atoms with Gasteiger partial charge in [-0.25, -0.2) is 9.36 Å². The van der Waals surface area contributed by atoms with Crippen molar-refractivity contribution in [1.82, 2.24) is 24.4 Å². The molecule has 0 bridgehead atoms. The molecule has 0 saturated carbocycles. The second-order valence-electron chi connectivity index (χ2n) is 9.33. The molecule has 4 heterocycles. The summed E-state index contributed by atoms with van der Waals surface area (Å²) in [7, 11) is 0. The van der Waals surface area contributed by atoms with Crippen LogP contribution < -0.4 is 5.69 Å². The summed E-state index contributed by atoms with van der Waals surface area (Å²) in [6.45, 7) is 6.39. The maximum absolute atomic E-state index is 13.4. The molecule has 3 aromatic heterocycles. The third-order valence-electron chi connectivity index (χ3n) is 7.12. The predicted molar refractivity (Wildman–Crippen MR) is 141 cm³/mol. The lowest BCUT2D eigenvalue weighted by Gasteiger charge is -2.26. The van der Waals surface area contributed by atoms with E-state index in [-0.39, 0.29) is 5.69 Å². The first kappa shape index (κ1) is 22.4. The van der Waals surface area contributed by atoms with Crippen LogP contribution in [0.3, 0.4) is 0 Å². The number of rotatable bonds is 6. The van der Waals surface area contributed by atoms with Gasteiger partial charge < -0.3 is 19.7 Å². The molecule has 3 N–H and O–H groups in total. The number of H-pyrrole nitrogens is 3. The highest BCUT2D eigenvalue weighted by atomic mass is 16.5. The summed E-state index contributed by atoms with van der Waals surface area (Å²) in [4.78, 5) is 25.8. The minimum Gasteiger partial charge on any atom is -0.379 e. The Morgan fingerprint density at radius 2 is 1.67 bits per heavy atom. The first-order valence-corrected chi connectivity index (χ1v) is 12.4. The van der Waals surface area contributed by atoms with Crippen molar-refractivity contribution in [3.63, 3.8) is 0 Å². The first-order chi connectivity index (χ1) is 17.7. The van der Waals surface area contributed by atoms with Gasteiger partial charge in [0.25, 0.3) is 0 Å². The normalized spacial score (nSPS) is 14.6. The van der Waals surface area contributed by atoms with Crippen LogP contribution in [0.1, 0.15) is 23.5 Å². The molecule has 1 saturated heterocycles. The van der Waals surface area contributed by atoms with Crippen LogP contribution in [0.25, 0.3) is 38.8 Å². The average molecular weight is 481 g/mol. The standard InChI is InChI=1S/C28H28N6O2/c1-18-27(20-8-3-5-10-22(20)30-18)34-24(17-29)26(32-28(34)35)25-19-7-2-4-9-21(19)31-23(25)11-6-12-33-13-15-36-16-14-33/h2-5,7-10,30-31H,6,11-16H2,1H3,(H,32,35). The number of aromatic nitrogens is 4. The maximum atomic E-state index is 13.4. The first-order valence-electron chi connectivity index (χ1n) is 12.4. The number of nitrogens with one attached hydrogen (secondary N) is 3. The summed E-state index contributed by atoms with van der Waals surface area (Å²) in [5.74, 6) is 0. The van der Waals surface area contributed by atoms with Gasteiger partial charge in [-0.2, -0.15) is 5.26 Å². The van der Waals surface area contributed by atoms with Crippen molar-refractivity contribution < 1.29 is 4.74 Å². The van der Waals surface area contributed by atoms with Gasteiger partial charge in [0.2, 0.25) is 0 Å². The summed E-state index contributed by atoms with van der Waals surface area (Å²) >= 11 is 0. The van der Waals surface area contributed by atoms with Gasteiger partial charge in [-0.05, 0) is 38.4 Å². The molecule has 1 aliphatic rings. The second-order valence-corrected chi connectivity index (χ2v) is 9.33. The molecule has 0 unspecified atom stereocenters. The van der Waals surface area contributed by atoms with Crippen molar-refractivity contribution in [2.24, 2.45) is 0 Å². The zero-order valence-corrected chi connectivity index (χ0v) is 20.2. The number of fused-ring (bicyclic) bond motifs is 2. The molecule has 36 heavy (non-hydrogen) atoms. The minimum absolute atomic E-state index is 0.312. The molecule has 0 aliphatic carbocycles. The minimum atomic E-state index is -0.320. The number of benzene rings is 2. The average Bonchev–Trinajstić information content (AvgIpc) is 3.53.